The van der Waals surface area contributed by atoms with Gasteiger partial charge < -0.3 is 5.32 Å². The molecule has 1 unspecified atom stereocenters. The van der Waals surface area contributed by atoms with Crippen LogP contribution in [0.4, 0.5) is 0 Å². The molecule has 1 N–H and O–H groups in total. The van der Waals surface area contributed by atoms with Crippen molar-refractivity contribution in [3.8, 4) is 0 Å². The minimum absolute atomic E-state index is 0.206. The van der Waals surface area contributed by atoms with Gasteiger partial charge in [-0.3, -0.25) is 4.90 Å². The van der Waals surface area contributed by atoms with Gasteiger partial charge in [0.05, 0.1) is 0 Å². The van der Waals surface area contributed by atoms with E-state index >= 15 is 0 Å². The highest BCUT2D eigenvalue weighted by Gasteiger charge is 2.33. The van der Waals surface area contributed by atoms with Crippen molar-refractivity contribution in [2.75, 3.05) is 19.6 Å². The minimum Gasteiger partial charge on any atom is -0.309 e. The quantitative estimate of drug-likeness (QED) is 0.752. The Hall–Kier alpha value is -0.340. The van der Waals surface area contributed by atoms with Gasteiger partial charge in [0.25, 0.3) is 0 Å². The second-order valence-electron chi connectivity index (χ2n) is 6.33. The van der Waals surface area contributed by atoms with E-state index in [0.29, 0.717) is 6.04 Å². The lowest BCUT2D eigenvalue weighted by molar-refractivity contribution is 0.1000. The first-order valence-corrected chi connectivity index (χ1v) is 7.62. The summed E-state index contributed by atoms with van der Waals surface area (Å²) in [7, 11) is 0. The van der Waals surface area contributed by atoms with Gasteiger partial charge in [0.1, 0.15) is 0 Å². The number of hydrogen-bond acceptors (Lipinski definition) is 2. The van der Waals surface area contributed by atoms with Crippen LogP contribution in [0.3, 0.4) is 0 Å². The summed E-state index contributed by atoms with van der Waals surface area (Å²) >= 11 is 0. The highest BCUT2D eigenvalue weighted by Crippen LogP contribution is 2.24. The van der Waals surface area contributed by atoms with Crippen LogP contribution < -0.4 is 5.32 Å². The average Bonchev–Trinajstić information content (AvgIpc) is 2.56. The molecule has 0 aromatic heterocycles. The molecule has 1 fully saturated rings. The van der Waals surface area contributed by atoms with Crippen molar-refractivity contribution in [2.45, 2.75) is 71.9 Å². The van der Waals surface area contributed by atoms with Crippen LogP contribution in [-0.2, 0) is 0 Å². The monoisotopic (exact) mass is 252 g/mol. The lowest BCUT2D eigenvalue weighted by Gasteiger charge is -2.43. The molecule has 0 spiro atoms. The fourth-order valence-electron chi connectivity index (χ4n) is 2.91. The number of likely N-dealkylation sites (N-methyl/N-ethyl adjacent to an activating group) is 1. The Morgan fingerprint density at radius 3 is 2.17 bits per heavy atom. The molecule has 0 radical (unpaired) electrons. The Bertz CT molecular complexity index is 256. The first-order valence-electron chi connectivity index (χ1n) is 7.62. The molecule has 0 aliphatic carbocycles. The largest absolute Gasteiger partial charge is 0.309 e. The normalized spacial score (nSPS) is 20.3. The first kappa shape index (κ1) is 15.7. The molecule has 0 aromatic carbocycles. The predicted molar refractivity (Wildman–Crippen MR) is 81.0 cm³/mol. The smallest absolute Gasteiger partial charge is 0.0433 e. The molecule has 1 atom stereocenters. The van der Waals surface area contributed by atoms with Gasteiger partial charge in [-0.2, -0.15) is 0 Å². The van der Waals surface area contributed by atoms with E-state index in [-0.39, 0.29) is 5.54 Å². The molecule has 1 aliphatic heterocycles. The van der Waals surface area contributed by atoms with Crippen molar-refractivity contribution in [1.82, 2.24) is 10.2 Å². The van der Waals surface area contributed by atoms with E-state index in [1.807, 2.05) is 0 Å². The lowest BCUT2D eigenvalue weighted by Crippen LogP contribution is -2.57. The summed E-state index contributed by atoms with van der Waals surface area (Å²) in [5, 5.41) is 3.65. The molecule has 2 nitrogen and oxygen atoms in total. The second kappa shape index (κ2) is 7.30. The van der Waals surface area contributed by atoms with Crippen LogP contribution in [0.15, 0.2) is 11.6 Å². The summed E-state index contributed by atoms with van der Waals surface area (Å²) in [5.41, 5.74) is 1.61. The maximum Gasteiger partial charge on any atom is 0.0433 e. The molecule has 0 aromatic rings. The fourth-order valence-corrected chi connectivity index (χ4v) is 2.91. The van der Waals surface area contributed by atoms with E-state index in [0.717, 1.165) is 6.54 Å². The number of hydrogen-bond donors (Lipinski definition) is 1. The Morgan fingerprint density at radius 2 is 1.72 bits per heavy atom. The standard InChI is InChI=1S/C16H32N2/c1-6-17-15(13-14(2)3)16(4,5)18-11-9-7-8-10-12-18/h13,15,17H,6-12H2,1-5H3. The lowest BCUT2D eigenvalue weighted by atomic mass is 9.90. The van der Waals surface area contributed by atoms with Gasteiger partial charge in [-0.15, -0.1) is 0 Å². The molecule has 0 saturated carbocycles. The Labute approximate surface area is 114 Å². The summed E-state index contributed by atoms with van der Waals surface area (Å²) in [6, 6.07) is 0.450. The average molecular weight is 252 g/mol. The zero-order valence-electron chi connectivity index (χ0n) is 13.1. The van der Waals surface area contributed by atoms with Crippen LogP contribution >= 0.6 is 0 Å². The van der Waals surface area contributed by atoms with E-state index in [1.54, 1.807) is 0 Å². The van der Waals surface area contributed by atoms with Crippen molar-refractivity contribution in [3.63, 3.8) is 0 Å². The van der Waals surface area contributed by atoms with Gasteiger partial charge in [-0.05, 0) is 60.2 Å². The Morgan fingerprint density at radius 1 is 1.17 bits per heavy atom. The summed E-state index contributed by atoms with van der Waals surface area (Å²) in [6.45, 7) is 14.9. The predicted octanol–water partition coefficient (Wildman–Crippen LogP) is 3.59. The molecule has 1 aliphatic rings. The van der Waals surface area contributed by atoms with Crippen LogP contribution in [0.1, 0.15) is 60.3 Å². The zero-order chi connectivity index (χ0) is 13.6. The van der Waals surface area contributed by atoms with Crippen LogP contribution in [0.25, 0.3) is 0 Å². The number of rotatable bonds is 5. The fraction of sp³-hybridized carbons (Fsp3) is 0.875. The Kier molecular flexibility index (Phi) is 6.37. The molecule has 0 amide bonds. The van der Waals surface area contributed by atoms with Crippen LogP contribution in [0.5, 0.6) is 0 Å². The second-order valence-corrected chi connectivity index (χ2v) is 6.33. The third-order valence-electron chi connectivity index (χ3n) is 4.11. The van der Waals surface area contributed by atoms with Gasteiger partial charge in [0.15, 0.2) is 0 Å². The highest BCUT2D eigenvalue weighted by atomic mass is 15.2. The maximum absolute atomic E-state index is 3.65. The summed E-state index contributed by atoms with van der Waals surface area (Å²) in [5.74, 6) is 0. The van der Waals surface area contributed by atoms with E-state index in [1.165, 1.54) is 44.3 Å². The zero-order valence-corrected chi connectivity index (χ0v) is 13.1. The summed E-state index contributed by atoms with van der Waals surface area (Å²) < 4.78 is 0. The van der Waals surface area contributed by atoms with E-state index in [4.69, 9.17) is 0 Å². The molecule has 106 valence electrons. The number of nitrogens with zero attached hydrogens (tertiary/aromatic N) is 1. The van der Waals surface area contributed by atoms with Crippen LogP contribution in [0, 0.1) is 0 Å². The van der Waals surface area contributed by atoms with Crippen molar-refractivity contribution in [2.24, 2.45) is 0 Å². The van der Waals surface area contributed by atoms with Gasteiger partial charge >= 0.3 is 0 Å². The number of nitrogens with one attached hydrogen (secondary N) is 1. The van der Waals surface area contributed by atoms with Gasteiger partial charge in [-0.1, -0.05) is 31.4 Å². The van der Waals surface area contributed by atoms with Crippen LogP contribution in [0.2, 0.25) is 0 Å². The third-order valence-corrected chi connectivity index (χ3v) is 4.11. The van der Waals surface area contributed by atoms with Gasteiger partial charge in [0, 0.05) is 11.6 Å². The Balaban J connectivity index is 2.80. The molecule has 0 bridgehead atoms. The molecule has 1 heterocycles. The maximum atomic E-state index is 3.65. The molecule has 2 heteroatoms. The first-order chi connectivity index (χ1) is 8.48. The van der Waals surface area contributed by atoms with E-state index in [2.05, 4.69) is 50.9 Å². The van der Waals surface area contributed by atoms with Gasteiger partial charge in [0.2, 0.25) is 0 Å². The number of likely N-dealkylation sites (tertiary alicyclic amines) is 1. The highest BCUT2D eigenvalue weighted by molar-refractivity contribution is 5.10. The SMILES string of the molecule is CCNC(C=C(C)C)C(C)(C)N1CCCCCC1. The van der Waals surface area contributed by atoms with Crippen molar-refractivity contribution < 1.29 is 0 Å². The molecule has 18 heavy (non-hydrogen) atoms. The van der Waals surface area contributed by atoms with Crippen molar-refractivity contribution in [3.05, 3.63) is 11.6 Å². The van der Waals surface area contributed by atoms with Crippen LogP contribution in [-0.4, -0.2) is 36.1 Å². The topological polar surface area (TPSA) is 15.3 Å². The summed E-state index contributed by atoms with van der Waals surface area (Å²) in [4.78, 5) is 2.69. The van der Waals surface area contributed by atoms with E-state index in [9.17, 15) is 0 Å². The van der Waals surface area contributed by atoms with Gasteiger partial charge in [-0.25, -0.2) is 0 Å². The number of allylic oxidation sites excluding steroid dienone is 1. The molecular weight excluding hydrogens is 220 g/mol. The minimum atomic E-state index is 0.206. The third kappa shape index (κ3) is 4.40. The van der Waals surface area contributed by atoms with E-state index < -0.39 is 0 Å². The molecular formula is C16H32N2. The molecule has 1 saturated heterocycles. The summed E-state index contributed by atoms with van der Waals surface area (Å²) in [6.07, 6.45) is 7.92. The molecule has 1 rings (SSSR count). The van der Waals surface area contributed by atoms with Crippen molar-refractivity contribution >= 4 is 0 Å². The van der Waals surface area contributed by atoms with Crippen molar-refractivity contribution in [1.29, 1.82) is 0 Å².